The zero-order valence-electron chi connectivity index (χ0n) is 3.79. The number of rotatable bonds is 1. The van der Waals surface area contributed by atoms with Gasteiger partial charge in [0.2, 0.25) is 0 Å². The minimum atomic E-state index is -0.757. The first-order chi connectivity index (χ1) is 3.22. The summed E-state index contributed by atoms with van der Waals surface area (Å²) in [7, 11) is 0. The lowest BCUT2D eigenvalue weighted by atomic mass is 10.4. The van der Waals surface area contributed by atoms with E-state index in [1.165, 1.54) is 0 Å². The van der Waals surface area contributed by atoms with Gasteiger partial charge in [-0.2, -0.15) is 0 Å². The van der Waals surface area contributed by atoms with Crippen LogP contribution in [0.3, 0.4) is 0 Å². The van der Waals surface area contributed by atoms with E-state index >= 15 is 0 Å². The standard InChI is InChI=1S/C4H7NO2/c5-3-1-2(3)4(6)7/h2-3H,1,5H2,(H,6,7)/t2-,3-/m1/s1. The fourth-order valence-corrected chi connectivity index (χ4v) is 0.499. The molecule has 0 saturated heterocycles. The Bertz CT molecular complexity index is 102. The Labute approximate surface area is 41.1 Å². The normalized spacial score (nSPS) is 37.9. The van der Waals surface area contributed by atoms with E-state index in [2.05, 4.69) is 0 Å². The number of hydrogen-bond donors (Lipinski definition) is 2. The maximum Gasteiger partial charge on any atom is 0.308 e. The van der Waals surface area contributed by atoms with Crippen molar-refractivity contribution in [3.63, 3.8) is 0 Å². The van der Waals surface area contributed by atoms with Crippen LogP contribution in [0.4, 0.5) is 0 Å². The van der Waals surface area contributed by atoms with Crippen LogP contribution in [0.2, 0.25) is 0 Å². The Hall–Kier alpha value is -0.570. The topological polar surface area (TPSA) is 63.3 Å². The molecule has 0 spiro atoms. The van der Waals surface area contributed by atoms with E-state index in [0.29, 0.717) is 6.42 Å². The molecule has 0 heterocycles. The zero-order valence-corrected chi connectivity index (χ0v) is 3.79. The first kappa shape index (κ1) is 4.59. The number of hydrogen-bond acceptors (Lipinski definition) is 2. The van der Waals surface area contributed by atoms with Crippen LogP contribution in [0.25, 0.3) is 0 Å². The average Bonchev–Trinajstić information content (AvgIpc) is 2.17. The summed E-state index contributed by atoms with van der Waals surface area (Å²) in [6, 6.07) is -0.0579. The third kappa shape index (κ3) is 0.718. The molecule has 40 valence electrons. The summed E-state index contributed by atoms with van der Waals surface area (Å²) in [5.74, 6) is -0.993. The Morgan fingerprint density at radius 2 is 2.29 bits per heavy atom. The van der Waals surface area contributed by atoms with Crippen molar-refractivity contribution in [2.45, 2.75) is 12.5 Å². The first-order valence-electron chi connectivity index (χ1n) is 2.20. The fourth-order valence-electron chi connectivity index (χ4n) is 0.499. The third-order valence-corrected chi connectivity index (χ3v) is 1.16. The van der Waals surface area contributed by atoms with E-state index in [9.17, 15) is 4.79 Å². The van der Waals surface area contributed by atoms with Gasteiger partial charge in [0.15, 0.2) is 0 Å². The van der Waals surface area contributed by atoms with E-state index in [4.69, 9.17) is 10.8 Å². The van der Waals surface area contributed by atoms with Crippen LogP contribution >= 0.6 is 0 Å². The molecule has 1 rings (SSSR count). The summed E-state index contributed by atoms with van der Waals surface area (Å²) in [6.45, 7) is 0. The number of aliphatic carboxylic acids is 1. The van der Waals surface area contributed by atoms with Gasteiger partial charge in [0.25, 0.3) is 0 Å². The summed E-state index contributed by atoms with van der Waals surface area (Å²) < 4.78 is 0. The van der Waals surface area contributed by atoms with Gasteiger partial charge in [0.1, 0.15) is 0 Å². The quantitative estimate of drug-likeness (QED) is 0.464. The maximum atomic E-state index is 9.89. The highest BCUT2D eigenvalue weighted by atomic mass is 16.4. The summed E-state index contributed by atoms with van der Waals surface area (Å²) in [4.78, 5) is 9.89. The molecule has 0 aromatic carbocycles. The molecule has 1 fully saturated rings. The molecule has 1 aliphatic rings. The van der Waals surface area contributed by atoms with Gasteiger partial charge < -0.3 is 10.8 Å². The van der Waals surface area contributed by atoms with Crippen LogP contribution in [-0.4, -0.2) is 17.1 Å². The molecule has 0 radical (unpaired) electrons. The van der Waals surface area contributed by atoms with E-state index in [1.807, 2.05) is 0 Å². The Kier molecular flexibility index (Phi) is 0.785. The van der Waals surface area contributed by atoms with Crippen LogP contribution < -0.4 is 5.73 Å². The van der Waals surface area contributed by atoms with Crippen LogP contribution in [0, 0.1) is 5.92 Å². The number of carboxylic acids is 1. The molecule has 7 heavy (non-hydrogen) atoms. The van der Waals surface area contributed by atoms with Gasteiger partial charge in [-0.05, 0) is 6.42 Å². The Morgan fingerprint density at radius 1 is 1.86 bits per heavy atom. The molecule has 3 nitrogen and oxygen atoms in total. The molecule has 2 atom stereocenters. The number of nitrogens with two attached hydrogens (primary N) is 1. The van der Waals surface area contributed by atoms with Crippen molar-refractivity contribution in [2.75, 3.05) is 0 Å². The van der Waals surface area contributed by atoms with Gasteiger partial charge in [-0.25, -0.2) is 0 Å². The van der Waals surface area contributed by atoms with Crippen LogP contribution in [0.5, 0.6) is 0 Å². The van der Waals surface area contributed by atoms with Gasteiger partial charge in [-0.1, -0.05) is 0 Å². The van der Waals surface area contributed by atoms with Crippen molar-refractivity contribution in [3.05, 3.63) is 0 Å². The highest BCUT2D eigenvalue weighted by Gasteiger charge is 2.39. The first-order valence-corrected chi connectivity index (χ1v) is 2.20. The third-order valence-electron chi connectivity index (χ3n) is 1.16. The summed E-state index contributed by atoms with van der Waals surface area (Å²) in [5.41, 5.74) is 5.19. The monoisotopic (exact) mass is 101 g/mol. The van der Waals surface area contributed by atoms with Gasteiger partial charge >= 0.3 is 5.97 Å². The predicted octanol–water partition coefficient (Wildman–Crippen LogP) is -0.582. The average molecular weight is 101 g/mol. The smallest absolute Gasteiger partial charge is 0.308 e. The fraction of sp³-hybridized carbons (Fsp3) is 0.750. The summed E-state index contributed by atoms with van der Waals surface area (Å²) >= 11 is 0. The predicted molar refractivity (Wildman–Crippen MR) is 23.7 cm³/mol. The van der Waals surface area contributed by atoms with Crippen molar-refractivity contribution < 1.29 is 9.90 Å². The summed E-state index contributed by atoms with van der Waals surface area (Å²) in [6.07, 6.45) is 0.662. The van der Waals surface area contributed by atoms with Gasteiger partial charge in [-0.15, -0.1) is 0 Å². The Balaban J connectivity index is 2.33. The lowest BCUT2D eigenvalue weighted by Gasteiger charge is -1.80. The Morgan fingerprint density at radius 3 is 2.29 bits per heavy atom. The highest BCUT2D eigenvalue weighted by molar-refractivity contribution is 5.74. The van der Waals surface area contributed by atoms with Crippen molar-refractivity contribution in [3.8, 4) is 0 Å². The summed E-state index contributed by atoms with van der Waals surface area (Å²) in [5, 5.41) is 8.14. The molecule has 0 bridgehead atoms. The van der Waals surface area contributed by atoms with Crippen molar-refractivity contribution in [1.82, 2.24) is 0 Å². The van der Waals surface area contributed by atoms with E-state index in [-0.39, 0.29) is 12.0 Å². The second-order valence-electron chi connectivity index (χ2n) is 1.84. The van der Waals surface area contributed by atoms with Gasteiger partial charge in [0, 0.05) is 6.04 Å². The lowest BCUT2D eigenvalue weighted by Crippen LogP contribution is -2.08. The van der Waals surface area contributed by atoms with E-state index in [1.54, 1.807) is 0 Å². The molecule has 3 N–H and O–H groups in total. The largest absolute Gasteiger partial charge is 0.481 e. The molecule has 3 heteroatoms. The molecule has 0 unspecified atom stereocenters. The molecular weight excluding hydrogens is 94.0 g/mol. The van der Waals surface area contributed by atoms with Gasteiger partial charge in [0.05, 0.1) is 5.92 Å². The molecule has 0 aromatic heterocycles. The highest BCUT2D eigenvalue weighted by Crippen LogP contribution is 2.27. The minimum absolute atomic E-state index is 0.0579. The second-order valence-corrected chi connectivity index (χ2v) is 1.84. The molecule has 0 aromatic rings. The minimum Gasteiger partial charge on any atom is -0.481 e. The van der Waals surface area contributed by atoms with Crippen molar-refractivity contribution in [2.24, 2.45) is 11.7 Å². The van der Waals surface area contributed by atoms with Crippen LogP contribution in [0.15, 0.2) is 0 Å². The van der Waals surface area contributed by atoms with Crippen molar-refractivity contribution >= 4 is 5.97 Å². The molecule has 0 amide bonds. The lowest BCUT2D eigenvalue weighted by molar-refractivity contribution is -0.138. The zero-order chi connectivity index (χ0) is 5.44. The molecule has 0 aliphatic heterocycles. The van der Waals surface area contributed by atoms with E-state index < -0.39 is 5.97 Å². The van der Waals surface area contributed by atoms with Crippen LogP contribution in [-0.2, 0) is 4.79 Å². The molecule has 1 aliphatic carbocycles. The second kappa shape index (κ2) is 1.20. The number of carboxylic acid groups (broad SMARTS) is 1. The molecular formula is C4H7NO2. The van der Waals surface area contributed by atoms with Gasteiger partial charge in [-0.3, -0.25) is 4.79 Å². The number of carbonyl (C=O) groups is 1. The van der Waals surface area contributed by atoms with Crippen LogP contribution in [0.1, 0.15) is 6.42 Å². The van der Waals surface area contributed by atoms with Crippen molar-refractivity contribution in [1.29, 1.82) is 0 Å². The maximum absolute atomic E-state index is 9.89. The molecule has 1 saturated carbocycles. The SMILES string of the molecule is N[C@@H]1C[C@H]1C(=O)O. The van der Waals surface area contributed by atoms with E-state index in [0.717, 1.165) is 0 Å².